The van der Waals surface area contributed by atoms with Gasteiger partial charge in [0.2, 0.25) is 0 Å². The molecule has 0 atom stereocenters. The molecule has 1 aromatic heterocycles. The number of hydrogen-bond acceptors (Lipinski definition) is 5. The molecular formula is C28H27N3O3. The molecule has 6 heteroatoms. The topological polar surface area (TPSA) is 67.5 Å². The Balaban J connectivity index is 1.31. The molecule has 0 aliphatic carbocycles. The van der Waals surface area contributed by atoms with Crippen molar-refractivity contribution in [3.8, 4) is 11.8 Å². The van der Waals surface area contributed by atoms with E-state index in [0.717, 1.165) is 36.4 Å². The molecule has 1 N–H and O–H groups in total. The van der Waals surface area contributed by atoms with Crippen molar-refractivity contribution in [2.75, 3.05) is 25.2 Å². The summed E-state index contributed by atoms with van der Waals surface area (Å²) in [5, 5.41) is 0.556. The van der Waals surface area contributed by atoms with Crippen LogP contribution in [0.1, 0.15) is 24.5 Å². The van der Waals surface area contributed by atoms with E-state index in [-0.39, 0.29) is 11.6 Å². The van der Waals surface area contributed by atoms with Gasteiger partial charge in [-0.05, 0) is 78.1 Å². The summed E-state index contributed by atoms with van der Waals surface area (Å²) in [5.74, 6) is 0.605. The molecule has 1 aliphatic rings. The lowest BCUT2D eigenvalue weighted by molar-refractivity contribution is 0.161. The van der Waals surface area contributed by atoms with Crippen molar-refractivity contribution in [1.82, 2.24) is 9.97 Å². The molecule has 0 fully saturated rings. The molecule has 172 valence electrons. The third-order valence-electron chi connectivity index (χ3n) is 6.18. The van der Waals surface area contributed by atoms with Gasteiger partial charge >= 0.3 is 6.01 Å². The number of H-pyrrole nitrogens is 1. The number of ether oxygens (including phenoxy) is 2. The highest BCUT2D eigenvalue weighted by Gasteiger charge is 2.10. The molecule has 5 rings (SSSR count). The molecule has 0 radical (unpaired) electrons. The summed E-state index contributed by atoms with van der Waals surface area (Å²) in [6, 6.07) is 22.2. The summed E-state index contributed by atoms with van der Waals surface area (Å²) in [4.78, 5) is 21.8. The average Bonchev–Trinajstić information content (AvgIpc) is 2.89. The van der Waals surface area contributed by atoms with Gasteiger partial charge in [-0.2, -0.15) is 4.98 Å². The van der Waals surface area contributed by atoms with Gasteiger partial charge in [-0.15, -0.1) is 0 Å². The minimum Gasteiger partial charge on any atom is -0.426 e. The van der Waals surface area contributed by atoms with Crippen LogP contribution >= 0.6 is 0 Å². The van der Waals surface area contributed by atoms with Crippen molar-refractivity contribution in [3.05, 3.63) is 94.3 Å². The van der Waals surface area contributed by atoms with Gasteiger partial charge in [0, 0.05) is 18.4 Å². The lowest BCUT2D eigenvalue weighted by Crippen LogP contribution is -2.10. The van der Waals surface area contributed by atoms with E-state index < -0.39 is 0 Å². The first-order valence-electron chi connectivity index (χ1n) is 11.5. The van der Waals surface area contributed by atoms with Gasteiger partial charge in [0.25, 0.3) is 5.56 Å². The average molecular weight is 454 g/mol. The SMILES string of the molecule is CCc1ccc2c(=O)[nH]c(Oc3ccc(N(C)c4ccc(C5=CCOCC5)cc4)cc3)nc2c1. The van der Waals surface area contributed by atoms with Gasteiger partial charge in [-0.1, -0.05) is 31.2 Å². The van der Waals surface area contributed by atoms with E-state index in [1.54, 1.807) is 0 Å². The minimum atomic E-state index is -0.209. The molecule has 3 aromatic carbocycles. The summed E-state index contributed by atoms with van der Waals surface area (Å²) in [5.41, 5.74) is 6.26. The second-order valence-corrected chi connectivity index (χ2v) is 8.33. The van der Waals surface area contributed by atoms with Crippen molar-refractivity contribution in [2.45, 2.75) is 19.8 Å². The second kappa shape index (κ2) is 9.53. The van der Waals surface area contributed by atoms with Crippen LogP contribution < -0.4 is 15.2 Å². The molecule has 0 amide bonds. The Morgan fingerprint density at radius 2 is 1.76 bits per heavy atom. The number of nitrogens with zero attached hydrogens (tertiary/aromatic N) is 2. The Bertz CT molecular complexity index is 1390. The van der Waals surface area contributed by atoms with E-state index in [9.17, 15) is 4.79 Å². The number of benzene rings is 3. The highest BCUT2D eigenvalue weighted by atomic mass is 16.5. The van der Waals surface area contributed by atoms with Crippen molar-refractivity contribution in [2.24, 2.45) is 0 Å². The van der Waals surface area contributed by atoms with Gasteiger partial charge in [-0.25, -0.2) is 0 Å². The summed E-state index contributed by atoms with van der Waals surface area (Å²) in [6.45, 7) is 3.54. The van der Waals surface area contributed by atoms with Gasteiger partial charge < -0.3 is 14.4 Å². The van der Waals surface area contributed by atoms with Crippen molar-refractivity contribution in [1.29, 1.82) is 0 Å². The highest BCUT2D eigenvalue weighted by Crippen LogP contribution is 2.29. The number of aromatic nitrogens is 2. The van der Waals surface area contributed by atoms with Crippen LogP contribution in [0.25, 0.3) is 16.5 Å². The van der Waals surface area contributed by atoms with E-state index in [1.165, 1.54) is 11.1 Å². The fourth-order valence-electron chi connectivity index (χ4n) is 4.12. The van der Waals surface area contributed by atoms with Crippen molar-refractivity contribution in [3.63, 3.8) is 0 Å². The quantitative estimate of drug-likeness (QED) is 0.397. The summed E-state index contributed by atoms with van der Waals surface area (Å²) in [6.07, 6.45) is 3.99. The van der Waals surface area contributed by atoms with Crippen LogP contribution in [0.5, 0.6) is 11.8 Å². The molecule has 0 spiro atoms. The lowest BCUT2D eigenvalue weighted by Gasteiger charge is -2.21. The largest absolute Gasteiger partial charge is 0.426 e. The maximum Gasteiger partial charge on any atom is 0.302 e. The molecule has 6 nitrogen and oxygen atoms in total. The van der Waals surface area contributed by atoms with Crippen LogP contribution in [-0.2, 0) is 11.2 Å². The van der Waals surface area contributed by atoms with Crippen LogP contribution in [0.4, 0.5) is 11.4 Å². The first-order valence-corrected chi connectivity index (χ1v) is 11.5. The maximum absolute atomic E-state index is 12.4. The molecule has 34 heavy (non-hydrogen) atoms. The number of nitrogens with one attached hydrogen (secondary N) is 1. The fraction of sp³-hybridized carbons (Fsp3) is 0.214. The second-order valence-electron chi connectivity index (χ2n) is 8.33. The number of rotatable bonds is 6. The maximum atomic E-state index is 12.4. The fourth-order valence-corrected chi connectivity index (χ4v) is 4.12. The molecule has 0 saturated carbocycles. The van der Waals surface area contributed by atoms with Crippen LogP contribution in [0.15, 0.2) is 77.6 Å². The van der Waals surface area contributed by atoms with Gasteiger partial charge in [0.15, 0.2) is 0 Å². The monoisotopic (exact) mass is 453 g/mol. The number of anilines is 2. The smallest absolute Gasteiger partial charge is 0.302 e. The van der Waals surface area contributed by atoms with E-state index in [0.29, 0.717) is 23.3 Å². The van der Waals surface area contributed by atoms with E-state index in [2.05, 4.69) is 52.1 Å². The molecule has 4 aromatic rings. The third kappa shape index (κ3) is 4.58. The van der Waals surface area contributed by atoms with E-state index in [1.807, 2.05) is 49.5 Å². The predicted molar refractivity (Wildman–Crippen MR) is 136 cm³/mol. The van der Waals surface area contributed by atoms with Crippen LogP contribution in [0.2, 0.25) is 0 Å². The zero-order valence-electron chi connectivity index (χ0n) is 19.4. The summed E-state index contributed by atoms with van der Waals surface area (Å²) in [7, 11) is 2.03. The van der Waals surface area contributed by atoms with Crippen molar-refractivity contribution < 1.29 is 9.47 Å². The Hall–Kier alpha value is -3.90. The van der Waals surface area contributed by atoms with Gasteiger partial charge in [-0.3, -0.25) is 9.78 Å². The molecule has 2 heterocycles. The van der Waals surface area contributed by atoms with Crippen LogP contribution in [-0.4, -0.2) is 30.2 Å². The molecule has 0 saturated heterocycles. The Kier molecular flexibility index (Phi) is 6.14. The lowest BCUT2D eigenvalue weighted by atomic mass is 10.0. The van der Waals surface area contributed by atoms with Crippen LogP contribution in [0.3, 0.4) is 0 Å². The standard InChI is InChI=1S/C28H27N3O3/c1-3-19-4-13-25-26(18-19)29-28(30-27(25)32)34-24-11-9-23(10-12-24)31(2)22-7-5-20(6-8-22)21-14-16-33-17-15-21/h4-14,18H,3,15-17H2,1-2H3,(H,29,30,32). The first kappa shape index (κ1) is 21.9. The normalized spacial score (nSPS) is 13.5. The zero-order valence-corrected chi connectivity index (χ0v) is 19.4. The number of hydrogen-bond donors (Lipinski definition) is 1. The summed E-state index contributed by atoms with van der Waals surface area (Å²) >= 11 is 0. The van der Waals surface area contributed by atoms with Gasteiger partial charge in [0.1, 0.15) is 5.75 Å². The number of aromatic amines is 1. The minimum absolute atomic E-state index is 0.185. The Morgan fingerprint density at radius 3 is 2.44 bits per heavy atom. The van der Waals surface area contributed by atoms with Crippen molar-refractivity contribution >= 4 is 27.9 Å². The molecule has 1 aliphatic heterocycles. The molecular weight excluding hydrogens is 426 g/mol. The Morgan fingerprint density at radius 1 is 1.03 bits per heavy atom. The highest BCUT2D eigenvalue weighted by molar-refractivity contribution is 5.78. The van der Waals surface area contributed by atoms with Crippen LogP contribution in [0, 0.1) is 0 Å². The van der Waals surface area contributed by atoms with E-state index >= 15 is 0 Å². The number of fused-ring (bicyclic) bond motifs is 1. The Labute approximate surface area is 198 Å². The molecule has 0 bridgehead atoms. The van der Waals surface area contributed by atoms with E-state index in [4.69, 9.17) is 9.47 Å². The van der Waals surface area contributed by atoms with Gasteiger partial charge in [0.05, 0.1) is 24.1 Å². The number of aryl methyl sites for hydroxylation is 1. The third-order valence-corrected chi connectivity index (χ3v) is 6.18. The molecule has 0 unspecified atom stereocenters. The summed E-state index contributed by atoms with van der Waals surface area (Å²) < 4.78 is 11.3. The predicted octanol–water partition coefficient (Wildman–Crippen LogP) is 5.85. The first-order chi connectivity index (χ1) is 16.6. The zero-order chi connectivity index (χ0) is 23.5.